The van der Waals surface area contributed by atoms with E-state index in [9.17, 15) is 4.79 Å². The van der Waals surface area contributed by atoms with Crippen LogP contribution in [0, 0.1) is 0 Å². The van der Waals surface area contributed by atoms with E-state index in [1.807, 2.05) is 32.2 Å². The first-order chi connectivity index (χ1) is 8.67. The molecule has 4 heteroatoms. The Labute approximate surface area is 109 Å². The number of carbonyl (C=O) groups excluding carboxylic acids is 1. The smallest absolute Gasteiger partial charge is 0.236 e. The minimum Gasteiger partial charge on any atom is -0.497 e. The maximum Gasteiger partial charge on any atom is 0.236 e. The van der Waals surface area contributed by atoms with Crippen LogP contribution in [0.3, 0.4) is 0 Å². The van der Waals surface area contributed by atoms with Crippen molar-refractivity contribution in [2.75, 3.05) is 33.8 Å². The van der Waals surface area contributed by atoms with E-state index >= 15 is 0 Å². The molecule has 0 fully saturated rings. The summed E-state index contributed by atoms with van der Waals surface area (Å²) in [6.07, 6.45) is 0.889. The Balaban J connectivity index is 2.27. The molecule has 18 heavy (non-hydrogen) atoms. The molecule has 0 spiro atoms. The molecule has 1 aromatic rings. The monoisotopic (exact) mass is 250 g/mol. The van der Waals surface area contributed by atoms with Crippen LogP contribution in [0.15, 0.2) is 24.3 Å². The van der Waals surface area contributed by atoms with Crippen LogP contribution in [-0.2, 0) is 11.2 Å². The molecule has 1 aromatic carbocycles. The van der Waals surface area contributed by atoms with Gasteiger partial charge in [-0.15, -0.1) is 0 Å². The summed E-state index contributed by atoms with van der Waals surface area (Å²) in [4.78, 5) is 13.2. The molecule has 100 valence electrons. The third-order valence-corrected chi connectivity index (χ3v) is 2.90. The maximum absolute atomic E-state index is 11.5. The number of amides is 1. The van der Waals surface area contributed by atoms with Gasteiger partial charge < -0.3 is 15.0 Å². The molecule has 0 aliphatic rings. The van der Waals surface area contributed by atoms with Crippen molar-refractivity contribution in [2.45, 2.75) is 13.3 Å². The second-order valence-electron chi connectivity index (χ2n) is 4.19. The number of nitrogens with one attached hydrogen (secondary N) is 1. The first-order valence-corrected chi connectivity index (χ1v) is 6.25. The fourth-order valence-corrected chi connectivity index (χ4v) is 1.57. The van der Waals surface area contributed by atoms with Gasteiger partial charge in [0.2, 0.25) is 5.91 Å². The Bertz CT molecular complexity index is 380. The van der Waals surface area contributed by atoms with E-state index in [0.717, 1.165) is 25.3 Å². The summed E-state index contributed by atoms with van der Waals surface area (Å²) in [7, 11) is 3.47. The summed E-state index contributed by atoms with van der Waals surface area (Å²) in [5.74, 6) is 0.998. The first-order valence-electron chi connectivity index (χ1n) is 6.25. The van der Waals surface area contributed by atoms with Gasteiger partial charge in [0.05, 0.1) is 13.7 Å². The highest BCUT2D eigenvalue weighted by molar-refractivity contribution is 5.77. The number of methoxy groups -OCH3 is 1. The van der Waals surface area contributed by atoms with Crippen LogP contribution in [-0.4, -0.2) is 44.6 Å². The molecule has 1 N–H and O–H groups in total. The van der Waals surface area contributed by atoms with Gasteiger partial charge in [-0.05, 0) is 37.6 Å². The molecular weight excluding hydrogens is 228 g/mol. The zero-order valence-corrected chi connectivity index (χ0v) is 11.4. The second kappa shape index (κ2) is 7.71. The fourth-order valence-electron chi connectivity index (χ4n) is 1.57. The average molecular weight is 250 g/mol. The highest BCUT2D eigenvalue weighted by Crippen LogP contribution is 2.12. The molecule has 0 saturated carbocycles. The Kier molecular flexibility index (Phi) is 6.22. The number of hydrogen-bond acceptors (Lipinski definition) is 3. The van der Waals surface area contributed by atoms with E-state index in [1.165, 1.54) is 5.56 Å². The molecule has 1 rings (SSSR count). The van der Waals surface area contributed by atoms with Crippen LogP contribution in [0.4, 0.5) is 0 Å². The molecule has 0 bridgehead atoms. The summed E-state index contributed by atoms with van der Waals surface area (Å²) < 4.78 is 5.16. The van der Waals surface area contributed by atoms with Gasteiger partial charge >= 0.3 is 0 Å². The molecule has 4 nitrogen and oxygen atoms in total. The maximum atomic E-state index is 11.5. The highest BCUT2D eigenvalue weighted by atomic mass is 16.5. The first kappa shape index (κ1) is 14.5. The predicted octanol–water partition coefficient (Wildman–Crippen LogP) is 1.31. The van der Waals surface area contributed by atoms with Crippen molar-refractivity contribution in [3.05, 3.63) is 29.8 Å². The van der Waals surface area contributed by atoms with E-state index in [2.05, 4.69) is 11.4 Å². The van der Waals surface area contributed by atoms with Crippen molar-refractivity contribution in [2.24, 2.45) is 0 Å². The van der Waals surface area contributed by atoms with Gasteiger partial charge in [-0.3, -0.25) is 4.79 Å². The molecule has 0 unspecified atom stereocenters. The fraction of sp³-hybridized carbons (Fsp3) is 0.500. The molecule has 0 radical (unpaired) electrons. The van der Waals surface area contributed by atoms with Crippen molar-refractivity contribution in [1.29, 1.82) is 0 Å². The molecule has 0 atom stereocenters. The van der Waals surface area contributed by atoms with Crippen LogP contribution in [0.5, 0.6) is 5.75 Å². The quantitative estimate of drug-likeness (QED) is 0.742. The van der Waals surface area contributed by atoms with Gasteiger partial charge in [-0.1, -0.05) is 12.1 Å². The lowest BCUT2D eigenvalue weighted by atomic mass is 10.1. The minimum absolute atomic E-state index is 0.128. The third kappa shape index (κ3) is 4.75. The van der Waals surface area contributed by atoms with Crippen LogP contribution in [0.2, 0.25) is 0 Å². The highest BCUT2D eigenvalue weighted by Gasteiger charge is 2.04. The number of carbonyl (C=O) groups is 1. The van der Waals surface area contributed by atoms with Crippen molar-refractivity contribution in [1.82, 2.24) is 10.2 Å². The van der Waals surface area contributed by atoms with Crippen LogP contribution < -0.4 is 10.1 Å². The molecule has 0 aliphatic heterocycles. The standard InChI is InChI=1S/C14H22N2O2/c1-4-16(2)14(17)11-15-9-8-12-6-5-7-13(10-12)18-3/h5-7,10,15H,4,8-9,11H2,1-3H3. The number of nitrogens with zero attached hydrogens (tertiary/aromatic N) is 1. The number of benzene rings is 1. The summed E-state index contributed by atoms with van der Waals surface area (Å²) in [5, 5.41) is 3.15. The van der Waals surface area contributed by atoms with Gasteiger partial charge in [-0.2, -0.15) is 0 Å². The molecule has 0 heterocycles. The van der Waals surface area contributed by atoms with E-state index in [0.29, 0.717) is 6.54 Å². The largest absolute Gasteiger partial charge is 0.497 e. The van der Waals surface area contributed by atoms with Crippen molar-refractivity contribution < 1.29 is 9.53 Å². The topological polar surface area (TPSA) is 41.6 Å². The third-order valence-electron chi connectivity index (χ3n) is 2.90. The predicted molar refractivity (Wildman–Crippen MR) is 72.9 cm³/mol. The molecule has 0 saturated heterocycles. The van der Waals surface area contributed by atoms with Crippen LogP contribution in [0.1, 0.15) is 12.5 Å². The van der Waals surface area contributed by atoms with Gasteiger partial charge in [0, 0.05) is 13.6 Å². The Morgan fingerprint density at radius 3 is 2.89 bits per heavy atom. The van der Waals surface area contributed by atoms with Gasteiger partial charge in [-0.25, -0.2) is 0 Å². The summed E-state index contributed by atoms with van der Waals surface area (Å²) in [6, 6.07) is 7.98. The number of rotatable bonds is 7. The number of ether oxygens (including phenoxy) is 1. The van der Waals surface area contributed by atoms with Crippen molar-refractivity contribution >= 4 is 5.91 Å². The van der Waals surface area contributed by atoms with Crippen molar-refractivity contribution in [3.8, 4) is 5.75 Å². The Morgan fingerprint density at radius 2 is 2.22 bits per heavy atom. The lowest BCUT2D eigenvalue weighted by Crippen LogP contribution is -2.36. The summed E-state index contributed by atoms with van der Waals surface area (Å²) in [6.45, 7) is 3.90. The summed E-state index contributed by atoms with van der Waals surface area (Å²) in [5.41, 5.74) is 1.21. The Hall–Kier alpha value is -1.55. The van der Waals surface area contributed by atoms with Crippen molar-refractivity contribution in [3.63, 3.8) is 0 Å². The molecular formula is C14H22N2O2. The van der Waals surface area contributed by atoms with E-state index in [1.54, 1.807) is 12.0 Å². The molecule has 0 aliphatic carbocycles. The number of likely N-dealkylation sites (N-methyl/N-ethyl adjacent to an activating group) is 1. The molecule has 0 aromatic heterocycles. The van der Waals surface area contributed by atoms with Crippen LogP contribution >= 0.6 is 0 Å². The number of hydrogen-bond donors (Lipinski definition) is 1. The zero-order valence-electron chi connectivity index (χ0n) is 11.4. The second-order valence-corrected chi connectivity index (χ2v) is 4.19. The van der Waals surface area contributed by atoms with E-state index in [-0.39, 0.29) is 5.91 Å². The van der Waals surface area contributed by atoms with E-state index in [4.69, 9.17) is 4.74 Å². The normalized spacial score (nSPS) is 10.2. The SMILES string of the molecule is CCN(C)C(=O)CNCCc1cccc(OC)c1. The zero-order chi connectivity index (χ0) is 13.4. The summed E-state index contributed by atoms with van der Waals surface area (Å²) >= 11 is 0. The lowest BCUT2D eigenvalue weighted by Gasteiger charge is -2.14. The average Bonchev–Trinajstić information content (AvgIpc) is 2.42. The van der Waals surface area contributed by atoms with Gasteiger partial charge in [0.25, 0.3) is 0 Å². The molecule has 1 amide bonds. The minimum atomic E-state index is 0.128. The lowest BCUT2D eigenvalue weighted by molar-refractivity contribution is -0.128. The van der Waals surface area contributed by atoms with Gasteiger partial charge in [0.1, 0.15) is 5.75 Å². The van der Waals surface area contributed by atoms with Crippen LogP contribution in [0.25, 0.3) is 0 Å². The Morgan fingerprint density at radius 1 is 1.44 bits per heavy atom. The van der Waals surface area contributed by atoms with E-state index < -0.39 is 0 Å². The van der Waals surface area contributed by atoms with Gasteiger partial charge in [0.15, 0.2) is 0 Å².